The molecule has 3 N–H and O–H groups in total. The van der Waals surface area contributed by atoms with E-state index in [0.29, 0.717) is 30.0 Å². The molecule has 1 aliphatic rings. The molecule has 1 fully saturated rings. The maximum absolute atomic E-state index is 13.0. The van der Waals surface area contributed by atoms with Crippen molar-refractivity contribution in [3.63, 3.8) is 0 Å². The van der Waals surface area contributed by atoms with Gasteiger partial charge in [-0.1, -0.05) is 11.8 Å². The van der Waals surface area contributed by atoms with Gasteiger partial charge < -0.3 is 10.6 Å². The third-order valence-corrected chi connectivity index (χ3v) is 4.57. The Hall–Kier alpha value is -4.12. The number of halogens is 1. The van der Waals surface area contributed by atoms with Crippen LogP contribution in [0.1, 0.15) is 16.1 Å². The number of nitrogens with zero attached hydrogens (tertiary/aromatic N) is 2. The summed E-state index contributed by atoms with van der Waals surface area (Å²) >= 11 is 0. The number of carbonyl (C=O) groups excluding carboxylic acids is 2. The Morgan fingerprint density at radius 3 is 2.63 bits per heavy atom. The molecule has 0 atom stereocenters. The third-order valence-electron chi connectivity index (χ3n) is 4.57. The number of anilines is 1. The largest absolute Gasteiger partial charge is 0.340 e. The average molecular weight is 403 g/mol. The molecule has 8 heteroatoms. The molecule has 150 valence electrons. The standard InChI is InChI=1S/C22H18FN5O2/c23-17-7-5-16(6-8-17)19-14-20(27-26-19)21(29)24-11-1-2-15-3-9-18(10-4-15)28-13-12-25-22(28)30/h3-10,14H,11-13H2,(H,24,29)(H,25,30)(H,26,27). The summed E-state index contributed by atoms with van der Waals surface area (Å²) in [5, 5.41) is 12.2. The van der Waals surface area contributed by atoms with Gasteiger partial charge in [0, 0.05) is 29.9 Å². The van der Waals surface area contributed by atoms with E-state index in [1.165, 1.54) is 12.1 Å². The van der Waals surface area contributed by atoms with Crippen molar-refractivity contribution >= 4 is 17.6 Å². The fourth-order valence-electron chi connectivity index (χ4n) is 3.02. The van der Waals surface area contributed by atoms with Crippen LogP contribution < -0.4 is 15.5 Å². The molecule has 2 heterocycles. The topological polar surface area (TPSA) is 90.1 Å². The number of carbonyl (C=O) groups is 2. The maximum atomic E-state index is 13.0. The lowest BCUT2D eigenvalue weighted by Crippen LogP contribution is -2.27. The molecule has 0 unspecified atom stereocenters. The van der Waals surface area contributed by atoms with Crippen LogP contribution in [0.3, 0.4) is 0 Å². The van der Waals surface area contributed by atoms with Crippen LogP contribution in [0, 0.1) is 17.7 Å². The number of amides is 3. The van der Waals surface area contributed by atoms with E-state index in [9.17, 15) is 14.0 Å². The summed E-state index contributed by atoms with van der Waals surface area (Å²) in [5.41, 5.74) is 3.16. The van der Waals surface area contributed by atoms with E-state index >= 15 is 0 Å². The van der Waals surface area contributed by atoms with Crippen molar-refractivity contribution in [1.29, 1.82) is 0 Å². The molecule has 7 nitrogen and oxygen atoms in total. The van der Waals surface area contributed by atoms with Gasteiger partial charge in [-0.2, -0.15) is 5.10 Å². The van der Waals surface area contributed by atoms with Gasteiger partial charge in [0.05, 0.1) is 12.2 Å². The summed E-state index contributed by atoms with van der Waals surface area (Å²) in [4.78, 5) is 25.6. The summed E-state index contributed by atoms with van der Waals surface area (Å²) in [6.45, 7) is 1.45. The second-order valence-corrected chi connectivity index (χ2v) is 6.59. The maximum Gasteiger partial charge on any atom is 0.321 e. The van der Waals surface area contributed by atoms with Crippen LogP contribution in [0.5, 0.6) is 0 Å². The second kappa shape index (κ2) is 8.49. The molecule has 1 aliphatic heterocycles. The lowest BCUT2D eigenvalue weighted by Gasteiger charge is -2.13. The van der Waals surface area contributed by atoms with E-state index in [1.54, 1.807) is 23.1 Å². The zero-order chi connectivity index (χ0) is 20.9. The highest BCUT2D eigenvalue weighted by Gasteiger charge is 2.20. The van der Waals surface area contributed by atoms with Crippen LogP contribution in [0.4, 0.5) is 14.9 Å². The molecular formula is C22H18FN5O2. The molecule has 0 saturated carbocycles. The molecule has 1 aromatic heterocycles. The van der Waals surface area contributed by atoms with Crippen LogP contribution >= 0.6 is 0 Å². The minimum Gasteiger partial charge on any atom is -0.340 e. The molecule has 30 heavy (non-hydrogen) atoms. The SMILES string of the molecule is O=C(NCC#Cc1ccc(N2CCNC2=O)cc1)c1cc(-c2ccc(F)cc2)n[nH]1. The smallest absolute Gasteiger partial charge is 0.321 e. The molecule has 0 spiro atoms. The number of hydrogen-bond acceptors (Lipinski definition) is 3. The van der Waals surface area contributed by atoms with Crippen molar-refractivity contribution in [1.82, 2.24) is 20.8 Å². The van der Waals surface area contributed by atoms with Crippen LogP contribution in [0.15, 0.2) is 54.6 Å². The number of nitrogens with one attached hydrogen (secondary N) is 3. The third kappa shape index (κ3) is 4.31. The Morgan fingerprint density at radius 1 is 1.17 bits per heavy atom. The number of benzene rings is 2. The Labute approximate surface area is 172 Å². The van der Waals surface area contributed by atoms with Crippen LogP contribution in [-0.2, 0) is 0 Å². The Bertz CT molecular complexity index is 1130. The van der Waals surface area contributed by atoms with Gasteiger partial charge in [0.25, 0.3) is 5.91 Å². The fourth-order valence-corrected chi connectivity index (χ4v) is 3.02. The van der Waals surface area contributed by atoms with Crippen LogP contribution in [-0.4, -0.2) is 41.8 Å². The van der Waals surface area contributed by atoms with Gasteiger partial charge in [0.1, 0.15) is 11.5 Å². The number of urea groups is 1. The summed E-state index contributed by atoms with van der Waals surface area (Å²) in [6, 6.07) is 14.7. The van der Waals surface area contributed by atoms with E-state index in [1.807, 2.05) is 24.3 Å². The van der Waals surface area contributed by atoms with Gasteiger partial charge in [-0.25, -0.2) is 9.18 Å². The van der Waals surface area contributed by atoms with Gasteiger partial charge in [-0.3, -0.25) is 14.8 Å². The summed E-state index contributed by atoms with van der Waals surface area (Å²) < 4.78 is 13.0. The quantitative estimate of drug-likeness (QED) is 0.585. The van der Waals surface area contributed by atoms with Gasteiger partial charge in [-0.15, -0.1) is 0 Å². The van der Waals surface area contributed by atoms with Crippen LogP contribution in [0.2, 0.25) is 0 Å². The molecular weight excluding hydrogens is 385 g/mol. The molecule has 1 saturated heterocycles. The van der Waals surface area contributed by atoms with E-state index in [2.05, 4.69) is 32.7 Å². The Kier molecular flexibility index (Phi) is 5.44. The van der Waals surface area contributed by atoms with E-state index in [4.69, 9.17) is 0 Å². The number of hydrogen-bond donors (Lipinski definition) is 3. The minimum atomic E-state index is -0.333. The van der Waals surface area contributed by atoms with Gasteiger partial charge in [-0.05, 0) is 54.6 Å². The van der Waals surface area contributed by atoms with E-state index in [-0.39, 0.29) is 24.3 Å². The first-order valence-corrected chi connectivity index (χ1v) is 9.34. The molecule has 4 rings (SSSR count). The van der Waals surface area contributed by atoms with Crippen molar-refractivity contribution in [2.75, 3.05) is 24.5 Å². The zero-order valence-electron chi connectivity index (χ0n) is 15.9. The van der Waals surface area contributed by atoms with Crippen LogP contribution in [0.25, 0.3) is 11.3 Å². The number of aromatic nitrogens is 2. The van der Waals surface area contributed by atoms with Gasteiger partial charge >= 0.3 is 6.03 Å². The molecule has 2 aromatic carbocycles. The molecule has 0 aliphatic carbocycles. The van der Waals surface area contributed by atoms with Crippen molar-refractivity contribution < 1.29 is 14.0 Å². The van der Waals surface area contributed by atoms with Gasteiger partial charge in [0.15, 0.2) is 0 Å². The lowest BCUT2D eigenvalue weighted by molar-refractivity contribution is 0.0953. The Balaban J connectivity index is 1.32. The molecule has 0 radical (unpaired) electrons. The van der Waals surface area contributed by atoms with Crippen molar-refractivity contribution in [2.45, 2.75) is 0 Å². The van der Waals surface area contributed by atoms with E-state index in [0.717, 1.165) is 11.3 Å². The molecule has 3 aromatic rings. The highest BCUT2D eigenvalue weighted by atomic mass is 19.1. The van der Waals surface area contributed by atoms with Crippen molar-refractivity contribution in [3.05, 3.63) is 71.7 Å². The number of H-pyrrole nitrogens is 1. The highest BCUT2D eigenvalue weighted by molar-refractivity contribution is 5.94. The number of rotatable bonds is 4. The summed E-state index contributed by atoms with van der Waals surface area (Å²) in [5.74, 6) is 5.20. The number of aromatic amines is 1. The first-order chi connectivity index (χ1) is 14.6. The molecule has 0 bridgehead atoms. The predicted molar refractivity (Wildman–Crippen MR) is 110 cm³/mol. The average Bonchev–Trinajstić information content (AvgIpc) is 3.42. The normalized spacial score (nSPS) is 12.8. The fraction of sp³-hybridized carbons (Fsp3) is 0.136. The summed E-state index contributed by atoms with van der Waals surface area (Å²) in [6.07, 6.45) is 0. The predicted octanol–water partition coefficient (Wildman–Crippen LogP) is 2.53. The molecule has 3 amide bonds. The lowest BCUT2D eigenvalue weighted by atomic mass is 10.1. The second-order valence-electron chi connectivity index (χ2n) is 6.59. The minimum absolute atomic E-state index is 0.0991. The van der Waals surface area contributed by atoms with Gasteiger partial charge in [0.2, 0.25) is 0 Å². The Morgan fingerprint density at radius 2 is 1.93 bits per heavy atom. The van der Waals surface area contributed by atoms with E-state index < -0.39 is 0 Å². The van der Waals surface area contributed by atoms with Crippen molar-refractivity contribution in [3.8, 4) is 23.1 Å². The highest BCUT2D eigenvalue weighted by Crippen LogP contribution is 2.18. The summed E-state index contributed by atoms with van der Waals surface area (Å²) in [7, 11) is 0. The van der Waals surface area contributed by atoms with Crippen molar-refractivity contribution in [2.24, 2.45) is 0 Å². The first kappa shape index (κ1) is 19.2. The first-order valence-electron chi connectivity index (χ1n) is 9.34. The zero-order valence-corrected chi connectivity index (χ0v) is 15.9. The monoisotopic (exact) mass is 403 g/mol.